The molecule has 0 rings (SSSR count). The van der Waals surface area contributed by atoms with E-state index in [0.29, 0.717) is 0 Å². The van der Waals surface area contributed by atoms with Gasteiger partial charge in [0.15, 0.2) is 0 Å². The van der Waals surface area contributed by atoms with Gasteiger partial charge in [-0.15, -0.1) is 0 Å². The van der Waals surface area contributed by atoms with Crippen LogP contribution in [0.3, 0.4) is 0 Å². The molecule has 0 aliphatic carbocycles. The number of amides is 1. The van der Waals surface area contributed by atoms with Crippen LogP contribution >= 0.6 is 0 Å². The average molecular weight is 169 g/mol. The molecular weight excluding hydrogens is 163 g/mol. The summed E-state index contributed by atoms with van der Waals surface area (Å²) in [6, 6.07) is -1.99. The molecule has 64 valence electrons. The predicted octanol–water partition coefficient (Wildman–Crippen LogP) is 0.252. The quantitative estimate of drug-likeness (QED) is 0.475. The zero-order valence-electron chi connectivity index (χ0n) is 5.61. The molecule has 0 aliphatic heterocycles. The Balaban J connectivity index is 3.97. The first-order valence-electron chi connectivity index (χ1n) is 2.70. The van der Waals surface area contributed by atoms with Crippen LogP contribution in [0.2, 0.25) is 0 Å². The minimum absolute atomic E-state index is 0.206. The largest absolute Gasteiger partial charge is 0.408 e. The lowest BCUT2D eigenvalue weighted by Gasteiger charge is -2.14. The van der Waals surface area contributed by atoms with Gasteiger partial charge in [0.2, 0.25) is 6.29 Å². The maximum atomic E-state index is 11.6. The first-order chi connectivity index (χ1) is 4.88. The number of hydrogen-bond donors (Lipinski definition) is 1. The Morgan fingerprint density at radius 3 is 2.27 bits per heavy atom. The van der Waals surface area contributed by atoms with E-state index in [1.54, 1.807) is 0 Å². The highest BCUT2D eigenvalue weighted by molar-refractivity contribution is 6.23. The minimum atomic E-state index is -4.50. The van der Waals surface area contributed by atoms with Crippen molar-refractivity contribution in [3.63, 3.8) is 0 Å². The highest BCUT2D eigenvalue weighted by Crippen LogP contribution is 2.18. The summed E-state index contributed by atoms with van der Waals surface area (Å²) in [7, 11) is 0. The fourth-order valence-corrected chi connectivity index (χ4v) is 0.329. The van der Waals surface area contributed by atoms with E-state index < -0.39 is 18.1 Å². The molecule has 1 atom stereocenters. The van der Waals surface area contributed by atoms with Gasteiger partial charge in [-0.2, -0.15) is 13.2 Å². The van der Waals surface area contributed by atoms with Crippen molar-refractivity contribution < 1.29 is 22.8 Å². The summed E-state index contributed by atoms with van der Waals surface area (Å²) >= 11 is 0. The summed E-state index contributed by atoms with van der Waals surface area (Å²) in [6.07, 6.45) is -4.71. The van der Waals surface area contributed by atoms with Gasteiger partial charge in [0.25, 0.3) is 5.91 Å². The van der Waals surface area contributed by atoms with Crippen LogP contribution in [0.25, 0.3) is 0 Å². The second kappa shape index (κ2) is 3.36. The van der Waals surface area contributed by atoms with Gasteiger partial charge in [-0.25, -0.2) is 0 Å². The lowest BCUT2D eigenvalue weighted by molar-refractivity contribution is -0.158. The van der Waals surface area contributed by atoms with E-state index in [-0.39, 0.29) is 6.29 Å². The molecular formula is C5H6F3NO2. The second-order valence-electron chi connectivity index (χ2n) is 1.89. The van der Waals surface area contributed by atoms with Crippen molar-refractivity contribution in [1.82, 2.24) is 5.32 Å². The fraction of sp³-hybridized carbons (Fsp3) is 0.600. The number of carbonyl (C=O) groups excluding carboxylic acids is 2. The average Bonchev–Trinajstić information content (AvgIpc) is 1.85. The first kappa shape index (κ1) is 9.93. The third-order valence-corrected chi connectivity index (χ3v) is 0.957. The van der Waals surface area contributed by atoms with Gasteiger partial charge in [0.1, 0.15) is 6.04 Å². The van der Waals surface area contributed by atoms with Gasteiger partial charge in [0.05, 0.1) is 0 Å². The molecule has 1 N–H and O–H groups in total. The Bertz CT molecular complexity index is 166. The van der Waals surface area contributed by atoms with E-state index in [1.807, 2.05) is 0 Å². The lowest BCUT2D eigenvalue weighted by atomic mass is 10.3. The van der Waals surface area contributed by atoms with Crippen molar-refractivity contribution in [2.75, 3.05) is 0 Å². The number of rotatable bonds is 2. The number of hydrogen-bond acceptors (Lipinski definition) is 2. The van der Waals surface area contributed by atoms with Gasteiger partial charge in [-0.05, 0) is 6.92 Å². The van der Waals surface area contributed by atoms with E-state index in [9.17, 15) is 22.8 Å². The Morgan fingerprint density at radius 2 is 2.00 bits per heavy atom. The Morgan fingerprint density at radius 1 is 1.55 bits per heavy atom. The van der Waals surface area contributed by atoms with Crippen molar-refractivity contribution in [1.29, 1.82) is 0 Å². The van der Waals surface area contributed by atoms with Crippen LogP contribution in [-0.2, 0) is 9.59 Å². The van der Waals surface area contributed by atoms with Crippen LogP contribution in [0.15, 0.2) is 0 Å². The SMILES string of the molecule is C[C@@H](NC(=O)C=O)C(F)(F)F. The molecule has 0 fully saturated rings. The summed E-state index contributed by atoms with van der Waals surface area (Å²) in [6.45, 7) is 0.751. The number of nitrogens with one attached hydrogen (secondary N) is 1. The Labute approximate surface area is 60.6 Å². The normalized spacial score (nSPS) is 13.8. The van der Waals surface area contributed by atoms with Crippen molar-refractivity contribution in [2.24, 2.45) is 0 Å². The van der Waals surface area contributed by atoms with Crippen LogP contribution in [0.4, 0.5) is 13.2 Å². The number of aldehydes is 1. The van der Waals surface area contributed by atoms with Crippen LogP contribution in [0, 0.1) is 0 Å². The molecule has 0 unspecified atom stereocenters. The van der Waals surface area contributed by atoms with E-state index in [4.69, 9.17) is 0 Å². The standard InChI is InChI=1S/C5H6F3NO2/c1-3(5(6,7)8)9-4(11)2-10/h2-3H,1H3,(H,9,11)/t3-/m1/s1. The fourth-order valence-electron chi connectivity index (χ4n) is 0.329. The van der Waals surface area contributed by atoms with E-state index >= 15 is 0 Å². The molecule has 0 radical (unpaired) electrons. The first-order valence-corrected chi connectivity index (χ1v) is 2.70. The van der Waals surface area contributed by atoms with E-state index in [1.165, 1.54) is 5.32 Å². The summed E-state index contributed by atoms with van der Waals surface area (Å²) < 4.78 is 34.8. The molecule has 0 bridgehead atoms. The van der Waals surface area contributed by atoms with Crippen LogP contribution in [0.1, 0.15) is 6.92 Å². The monoisotopic (exact) mass is 169 g/mol. The highest BCUT2D eigenvalue weighted by atomic mass is 19.4. The van der Waals surface area contributed by atoms with Crippen molar-refractivity contribution in [3.8, 4) is 0 Å². The van der Waals surface area contributed by atoms with Crippen LogP contribution in [-0.4, -0.2) is 24.4 Å². The maximum absolute atomic E-state index is 11.6. The summed E-state index contributed by atoms with van der Waals surface area (Å²) in [5.41, 5.74) is 0. The molecule has 1 amide bonds. The third kappa shape index (κ3) is 3.59. The smallest absolute Gasteiger partial charge is 0.338 e. The van der Waals surface area contributed by atoms with Gasteiger partial charge < -0.3 is 5.32 Å². The summed E-state index contributed by atoms with van der Waals surface area (Å²) in [4.78, 5) is 19.7. The molecule has 0 aromatic rings. The Hall–Kier alpha value is -1.07. The molecule has 0 spiro atoms. The molecule has 0 saturated carbocycles. The van der Waals surface area contributed by atoms with Crippen LogP contribution in [0.5, 0.6) is 0 Å². The molecule has 0 aliphatic rings. The number of alkyl halides is 3. The summed E-state index contributed by atoms with van der Waals surface area (Å²) in [5, 5.41) is 1.44. The second-order valence-corrected chi connectivity index (χ2v) is 1.89. The lowest BCUT2D eigenvalue weighted by Crippen LogP contribution is -2.43. The van der Waals surface area contributed by atoms with Gasteiger partial charge in [-0.3, -0.25) is 9.59 Å². The van der Waals surface area contributed by atoms with Gasteiger partial charge >= 0.3 is 6.18 Å². The third-order valence-electron chi connectivity index (χ3n) is 0.957. The predicted molar refractivity (Wildman–Crippen MR) is 29.7 cm³/mol. The van der Waals surface area contributed by atoms with Gasteiger partial charge in [-0.1, -0.05) is 0 Å². The minimum Gasteiger partial charge on any atom is -0.338 e. The Kier molecular flexibility index (Phi) is 3.03. The van der Waals surface area contributed by atoms with Crippen LogP contribution < -0.4 is 5.32 Å². The zero-order valence-corrected chi connectivity index (χ0v) is 5.61. The molecule has 11 heavy (non-hydrogen) atoms. The number of carbonyl (C=O) groups is 2. The molecule has 0 aromatic carbocycles. The number of halogens is 3. The maximum Gasteiger partial charge on any atom is 0.408 e. The van der Waals surface area contributed by atoms with E-state index in [0.717, 1.165) is 6.92 Å². The molecule has 0 heterocycles. The molecule has 6 heteroatoms. The highest BCUT2D eigenvalue weighted by Gasteiger charge is 2.36. The van der Waals surface area contributed by atoms with Crippen molar-refractivity contribution in [2.45, 2.75) is 19.1 Å². The van der Waals surface area contributed by atoms with Gasteiger partial charge in [0, 0.05) is 0 Å². The van der Waals surface area contributed by atoms with Crippen molar-refractivity contribution in [3.05, 3.63) is 0 Å². The van der Waals surface area contributed by atoms with E-state index in [2.05, 4.69) is 0 Å². The topological polar surface area (TPSA) is 46.2 Å². The molecule has 3 nitrogen and oxygen atoms in total. The zero-order chi connectivity index (χ0) is 9.07. The molecule has 0 saturated heterocycles. The summed E-state index contributed by atoms with van der Waals surface area (Å²) in [5.74, 6) is -1.27. The van der Waals surface area contributed by atoms with Crippen molar-refractivity contribution >= 4 is 12.2 Å². The molecule has 0 aromatic heterocycles.